The average molecular weight is 328 g/mol. The third-order valence-electron chi connectivity index (χ3n) is 3.08. The summed E-state index contributed by atoms with van der Waals surface area (Å²) >= 11 is 0. The number of benzene rings is 1. The largest absolute Gasteiger partial charge is 0.386 e. The van der Waals surface area contributed by atoms with Gasteiger partial charge in [0.15, 0.2) is 0 Å². The van der Waals surface area contributed by atoms with Gasteiger partial charge in [-0.2, -0.15) is 0 Å². The Labute approximate surface area is 134 Å². The van der Waals surface area contributed by atoms with Gasteiger partial charge in [-0.05, 0) is 32.4 Å². The van der Waals surface area contributed by atoms with Gasteiger partial charge in [0.25, 0.3) is 0 Å². The molecule has 1 unspecified atom stereocenters. The second-order valence-corrected chi connectivity index (χ2v) is 5.53. The number of carbonyl (C=O) groups excluding carboxylic acids is 2. The summed E-state index contributed by atoms with van der Waals surface area (Å²) < 4.78 is 26.9. The Balaban J connectivity index is 2.34. The van der Waals surface area contributed by atoms with Crippen LogP contribution in [0.4, 0.5) is 8.78 Å². The van der Waals surface area contributed by atoms with Crippen molar-refractivity contribution in [1.82, 2.24) is 10.6 Å². The zero-order valence-corrected chi connectivity index (χ0v) is 13.2. The Morgan fingerprint density at radius 1 is 1.13 bits per heavy atom. The van der Waals surface area contributed by atoms with Crippen molar-refractivity contribution in [1.29, 1.82) is 0 Å². The van der Waals surface area contributed by atoms with E-state index in [2.05, 4.69) is 10.6 Å². The monoisotopic (exact) mass is 328 g/mol. The van der Waals surface area contributed by atoms with Crippen molar-refractivity contribution in [3.05, 3.63) is 35.4 Å². The SMILES string of the molecule is CC(C)NC(=O)CCCC(=O)NCC(O)c1c(F)cccc1F. The fourth-order valence-corrected chi connectivity index (χ4v) is 2.03. The zero-order chi connectivity index (χ0) is 17.4. The highest BCUT2D eigenvalue weighted by atomic mass is 19.1. The number of halogens is 2. The molecule has 1 aromatic rings. The van der Waals surface area contributed by atoms with Crippen LogP contribution >= 0.6 is 0 Å². The molecule has 0 aliphatic heterocycles. The summed E-state index contributed by atoms with van der Waals surface area (Å²) in [6.07, 6.45) is -0.799. The quantitative estimate of drug-likeness (QED) is 0.681. The van der Waals surface area contributed by atoms with Gasteiger partial charge in [-0.1, -0.05) is 6.07 Å². The van der Waals surface area contributed by atoms with Crippen LogP contribution in [0.1, 0.15) is 44.8 Å². The molecule has 23 heavy (non-hydrogen) atoms. The molecule has 0 heterocycles. The van der Waals surface area contributed by atoms with Crippen molar-refractivity contribution in [2.45, 2.75) is 45.3 Å². The van der Waals surface area contributed by atoms with Gasteiger partial charge in [0.2, 0.25) is 11.8 Å². The third kappa shape index (κ3) is 6.73. The summed E-state index contributed by atoms with van der Waals surface area (Å²) in [7, 11) is 0. The molecule has 0 bridgehead atoms. The van der Waals surface area contributed by atoms with Gasteiger partial charge in [-0.15, -0.1) is 0 Å². The zero-order valence-electron chi connectivity index (χ0n) is 13.2. The normalized spacial score (nSPS) is 12.1. The topological polar surface area (TPSA) is 78.4 Å². The lowest BCUT2D eigenvalue weighted by atomic mass is 10.1. The number of amides is 2. The van der Waals surface area contributed by atoms with E-state index in [4.69, 9.17) is 0 Å². The summed E-state index contributed by atoms with van der Waals surface area (Å²) in [6, 6.07) is 3.32. The molecule has 2 amide bonds. The van der Waals surface area contributed by atoms with Crippen LogP contribution < -0.4 is 10.6 Å². The smallest absolute Gasteiger partial charge is 0.220 e. The van der Waals surface area contributed by atoms with Gasteiger partial charge in [-0.25, -0.2) is 8.78 Å². The van der Waals surface area contributed by atoms with Crippen LogP contribution in [0.25, 0.3) is 0 Å². The van der Waals surface area contributed by atoms with Crippen molar-refractivity contribution in [2.24, 2.45) is 0 Å². The minimum Gasteiger partial charge on any atom is -0.386 e. The highest BCUT2D eigenvalue weighted by Crippen LogP contribution is 2.19. The Morgan fingerprint density at radius 2 is 1.70 bits per heavy atom. The molecule has 1 atom stereocenters. The lowest BCUT2D eigenvalue weighted by Gasteiger charge is -2.14. The van der Waals surface area contributed by atoms with Crippen molar-refractivity contribution < 1.29 is 23.5 Å². The van der Waals surface area contributed by atoms with E-state index >= 15 is 0 Å². The van der Waals surface area contributed by atoms with Crippen LogP contribution in [0, 0.1) is 11.6 Å². The van der Waals surface area contributed by atoms with Crippen LogP contribution in [-0.4, -0.2) is 29.5 Å². The van der Waals surface area contributed by atoms with E-state index < -0.39 is 29.2 Å². The van der Waals surface area contributed by atoms with E-state index in [1.165, 1.54) is 6.07 Å². The molecule has 1 rings (SSSR count). The maximum Gasteiger partial charge on any atom is 0.220 e. The standard InChI is InChI=1S/C16H22F2N2O3/c1-10(2)20-15(23)8-4-7-14(22)19-9-13(21)16-11(17)5-3-6-12(16)18/h3,5-6,10,13,21H,4,7-9H2,1-2H3,(H,19,22)(H,20,23). The molecule has 1 aromatic carbocycles. The predicted molar refractivity (Wildman–Crippen MR) is 81.5 cm³/mol. The van der Waals surface area contributed by atoms with E-state index in [-0.39, 0.29) is 31.3 Å². The molecule has 0 aliphatic carbocycles. The summed E-state index contributed by atoms with van der Waals surface area (Å²) in [5.41, 5.74) is -0.468. The highest BCUT2D eigenvalue weighted by molar-refractivity contribution is 5.78. The van der Waals surface area contributed by atoms with E-state index in [9.17, 15) is 23.5 Å². The average Bonchev–Trinajstić information content (AvgIpc) is 2.44. The number of carbonyl (C=O) groups is 2. The highest BCUT2D eigenvalue weighted by Gasteiger charge is 2.18. The van der Waals surface area contributed by atoms with Crippen molar-refractivity contribution in [3.8, 4) is 0 Å². The maximum absolute atomic E-state index is 13.5. The Bertz CT molecular complexity index is 530. The van der Waals surface area contributed by atoms with Crippen molar-refractivity contribution >= 4 is 11.8 Å². The Morgan fingerprint density at radius 3 is 2.26 bits per heavy atom. The van der Waals surface area contributed by atoms with E-state index in [0.29, 0.717) is 6.42 Å². The summed E-state index contributed by atoms with van der Waals surface area (Å²) in [4.78, 5) is 23.0. The minimum atomic E-state index is -1.47. The van der Waals surface area contributed by atoms with Crippen LogP contribution in [0.5, 0.6) is 0 Å². The third-order valence-corrected chi connectivity index (χ3v) is 3.08. The fourth-order valence-electron chi connectivity index (χ4n) is 2.03. The number of aliphatic hydroxyl groups is 1. The minimum absolute atomic E-state index is 0.0436. The van der Waals surface area contributed by atoms with Gasteiger partial charge in [0.05, 0.1) is 5.56 Å². The molecule has 0 aliphatic rings. The van der Waals surface area contributed by atoms with Gasteiger partial charge < -0.3 is 15.7 Å². The first-order valence-corrected chi connectivity index (χ1v) is 7.49. The summed E-state index contributed by atoms with van der Waals surface area (Å²) in [5.74, 6) is -2.26. The molecule has 3 N–H and O–H groups in total. The first-order chi connectivity index (χ1) is 10.8. The molecule has 0 saturated carbocycles. The second-order valence-electron chi connectivity index (χ2n) is 5.53. The van der Waals surface area contributed by atoms with Gasteiger partial charge in [0, 0.05) is 25.4 Å². The van der Waals surface area contributed by atoms with Gasteiger partial charge in [0.1, 0.15) is 17.7 Å². The van der Waals surface area contributed by atoms with Crippen LogP contribution in [-0.2, 0) is 9.59 Å². The number of aliphatic hydroxyl groups excluding tert-OH is 1. The second kappa shape index (κ2) is 9.19. The molecular weight excluding hydrogens is 306 g/mol. The van der Waals surface area contributed by atoms with E-state index in [1.54, 1.807) is 0 Å². The molecule has 0 aromatic heterocycles. The van der Waals surface area contributed by atoms with Crippen LogP contribution in [0.2, 0.25) is 0 Å². The molecule has 0 saturated heterocycles. The molecular formula is C16H22F2N2O3. The molecule has 0 radical (unpaired) electrons. The Hall–Kier alpha value is -2.02. The van der Waals surface area contributed by atoms with Gasteiger partial charge in [-0.3, -0.25) is 9.59 Å². The van der Waals surface area contributed by atoms with Gasteiger partial charge >= 0.3 is 0 Å². The lowest BCUT2D eigenvalue weighted by molar-refractivity contribution is -0.122. The lowest BCUT2D eigenvalue weighted by Crippen LogP contribution is -2.31. The fraction of sp³-hybridized carbons (Fsp3) is 0.500. The van der Waals surface area contributed by atoms with Crippen LogP contribution in [0.3, 0.4) is 0 Å². The van der Waals surface area contributed by atoms with E-state index in [0.717, 1.165) is 12.1 Å². The maximum atomic E-state index is 13.5. The number of rotatable bonds is 8. The van der Waals surface area contributed by atoms with Crippen molar-refractivity contribution in [3.63, 3.8) is 0 Å². The molecule has 5 nitrogen and oxygen atoms in total. The number of nitrogens with one attached hydrogen (secondary N) is 2. The van der Waals surface area contributed by atoms with Crippen molar-refractivity contribution in [2.75, 3.05) is 6.54 Å². The molecule has 128 valence electrons. The molecule has 0 fully saturated rings. The van der Waals surface area contributed by atoms with E-state index in [1.807, 2.05) is 13.8 Å². The molecule has 0 spiro atoms. The summed E-state index contributed by atoms with van der Waals surface area (Å²) in [6.45, 7) is 3.39. The van der Waals surface area contributed by atoms with Crippen LogP contribution in [0.15, 0.2) is 18.2 Å². The molecule has 7 heteroatoms. The first kappa shape index (κ1) is 19.0. The number of hydrogen-bond donors (Lipinski definition) is 3. The first-order valence-electron chi connectivity index (χ1n) is 7.49. The Kier molecular flexibility index (Phi) is 7.61. The predicted octanol–water partition coefficient (Wildman–Crippen LogP) is 1.81. The summed E-state index contributed by atoms with van der Waals surface area (Å²) in [5, 5.41) is 14.9. The number of hydrogen-bond acceptors (Lipinski definition) is 3.